The third-order valence-electron chi connectivity index (χ3n) is 2.76. The van der Waals surface area contributed by atoms with E-state index < -0.39 is 0 Å². The van der Waals surface area contributed by atoms with E-state index in [0.717, 1.165) is 15.6 Å². The Morgan fingerprint density at radius 2 is 1.95 bits per heavy atom. The topological polar surface area (TPSA) is 53.2 Å². The minimum Gasteiger partial charge on any atom is -0.359 e. The minimum atomic E-state index is -0.170. The molecule has 0 aliphatic rings. The average molecular weight is 307 g/mol. The van der Waals surface area contributed by atoms with E-state index in [-0.39, 0.29) is 11.9 Å². The standard InChI is InChI=1S/C14H17N3OS2/c1-8(2)15-14(19)17-16-13(18)12-9(3)10-6-4-5-7-11(10)20-12/h4-8H,1-3H3,(H,16,18)(H2,15,17,19). The molecule has 2 aromatic rings. The van der Waals surface area contributed by atoms with Gasteiger partial charge in [-0.2, -0.15) is 0 Å². The molecule has 0 atom stereocenters. The highest BCUT2D eigenvalue weighted by atomic mass is 32.1. The molecular formula is C14H17N3OS2. The lowest BCUT2D eigenvalue weighted by Gasteiger charge is -2.13. The first kappa shape index (κ1) is 14.7. The van der Waals surface area contributed by atoms with E-state index in [1.807, 2.05) is 45.0 Å². The number of amides is 1. The highest BCUT2D eigenvalue weighted by molar-refractivity contribution is 7.80. The molecule has 106 valence electrons. The zero-order valence-electron chi connectivity index (χ0n) is 11.6. The van der Waals surface area contributed by atoms with Crippen molar-refractivity contribution >= 4 is 44.7 Å². The largest absolute Gasteiger partial charge is 0.359 e. The smallest absolute Gasteiger partial charge is 0.280 e. The number of carbonyl (C=O) groups excluding carboxylic acids is 1. The number of hydrogen-bond donors (Lipinski definition) is 3. The van der Waals surface area contributed by atoms with E-state index in [1.54, 1.807) is 0 Å². The van der Waals surface area contributed by atoms with Gasteiger partial charge < -0.3 is 5.32 Å². The Hall–Kier alpha value is -1.66. The van der Waals surface area contributed by atoms with Crippen molar-refractivity contribution in [3.63, 3.8) is 0 Å². The molecule has 1 amide bonds. The molecule has 1 aromatic heterocycles. The van der Waals surface area contributed by atoms with Gasteiger partial charge in [0.25, 0.3) is 5.91 Å². The molecule has 1 heterocycles. The summed E-state index contributed by atoms with van der Waals surface area (Å²) in [6.45, 7) is 5.91. The van der Waals surface area contributed by atoms with Crippen molar-refractivity contribution in [2.24, 2.45) is 0 Å². The molecule has 20 heavy (non-hydrogen) atoms. The van der Waals surface area contributed by atoms with Gasteiger partial charge in [0.05, 0.1) is 4.88 Å². The van der Waals surface area contributed by atoms with Gasteiger partial charge in [0.1, 0.15) is 0 Å². The van der Waals surface area contributed by atoms with Gasteiger partial charge in [-0.25, -0.2) is 0 Å². The fraction of sp³-hybridized carbons (Fsp3) is 0.286. The molecule has 0 unspecified atom stereocenters. The molecule has 4 nitrogen and oxygen atoms in total. The second-order valence-corrected chi connectivity index (χ2v) is 6.22. The first-order chi connectivity index (χ1) is 9.49. The Kier molecular flexibility index (Phi) is 4.57. The molecule has 0 saturated heterocycles. The van der Waals surface area contributed by atoms with Crippen molar-refractivity contribution in [3.05, 3.63) is 34.7 Å². The third-order valence-corrected chi connectivity index (χ3v) is 4.25. The number of fused-ring (bicyclic) bond motifs is 1. The molecule has 3 N–H and O–H groups in total. The van der Waals surface area contributed by atoms with E-state index in [9.17, 15) is 4.79 Å². The summed E-state index contributed by atoms with van der Waals surface area (Å²) in [4.78, 5) is 12.9. The Balaban J connectivity index is 2.08. The van der Waals surface area contributed by atoms with Gasteiger partial charge in [-0.3, -0.25) is 15.6 Å². The molecule has 0 fully saturated rings. The zero-order chi connectivity index (χ0) is 14.7. The number of hydrazine groups is 1. The van der Waals surface area contributed by atoms with E-state index in [4.69, 9.17) is 12.2 Å². The lowest BCUT2D eigenvalue weighted by Crippen LogP contribution is -2.48. The molecule has 0 spiro atoms. The summed E-state index contributed by atoms with van der Waals surface area (Å²) in [5.41, 5.74) is 6.33. The van der Waals surface area contributed by atoms with Crippen LogP contribution in [0.15, 0.2) is 24.3 Å². The summed E-state index contributed by atoms with van der Waals surface area (Å²) in [7, 11) is 0. The number of benzene rings is 1. The molecule has 2 rings (SSSR count). The molecular weight excluding hydrogens is 290 g/mol. The maximum Gasteiger partial charge on any atom is 0.280 e. The fourth-order valence-electron chi connectivity index (χ4n) is 1.86. The number of nitrogens with one attached hydrogen (secondary N) is 3. The van der Waals surface area contributed by atoms with Crippen molar-refractivity contribution in [2.75, 3.05) is 0 Å². The van der Waals surface area contributed by atoms with Crippen molar-refractivity contribution in [3.8, 4) is 0 Å². The summed E-state index contributed by atoms with van der Waals surface area (Å²) in [5.74, 6) is -0.170. The van der Waals surface area contributed by atoms with E-state index in [1.165, 1.54) is 11.3 Å². The number of hydrogen-bond acceptors (Lipinski definition) is 3. The van der Waals surface area contributed by atoms with Crippen LogP contribution in [0.1, 0.15) is 29.1 Å². The average Bonchev–Trinajstić information content (AvgIpc) is 2.73. The van der Waals surface area contributed by atoms with Gasteiger partial charge in [0.15, 0.2) is 5.11 Å². The van der Waals surface area contributed by atoms with Gasteiger partial charge in [0.2, 0.25) is 0 Å². The predicted octanol–water partition coefficient (Wildman–Crippen LogP) is 2.73. The van der Waals surface area contributed by atoms with Crippen LogP contribution in [0, 0.1) is 6.92 Å². The zero-order valence-corrected chi connectivity index (χ0v) is 13.2. The lowest BCUT2D eigenvalue weighted by molar-refractivity contribution is 0.0947. The highest BCUT2D eigenvalue weighted by Crippen LogP contribution is 2.30. The van der Waals surface area contributed by atoms with Crippen LogP contribution >= 0.6 is 23.6 Å². The van der Waals surface area contributed by atoms with E-state index in [2.05, 4.69) is 16.2 Å². The van der Waals surface area contributed by atoms with Crippen LogP contribution in [0.25, 0.3) is 10.1 Å². The SMILES string of the molecule is Cc1c(C(=O)NNC(=S)NC(C)C)sc2ccccc12. The second kappa shape index (κ2) is 6.19. The van der Waals surface area contributed by atoms with Crippen molar-refractivity contribution in [1.29, 1.82) is 0 Å². The van der Waals surface area contributed by atoms with Crippen LogP contribution in [0.3, 0.4) is 0 Å². The van der Waals surface area contributed by atoms with Crippen molar-refractivity contribution in [2.45, 2.75) is 26.8 Å². The number of rotatable bonds is 2. The van der Waals surface area contributed by atoms with Crippen LogP contribution in [-0.4, -0.2) is 17.1 Å². The van der Waals surface area contributed by atoms with Gasteiger partial charge >= 0.3 is 0 Å². The second-order valence-electron chi connectivity index (χ2n) is 4.76. The predicted molar refractivity (Wildman–Crippen MR) is 88.0 cm³/mol. The van der Waals surface area contributed by atoms with Crippen molar-refractivity contribution in [1.82, 2.24) is 16.2 Å². The lowest BCUT2D eigenvalue weighted by atomic mass is 10.1. The van der Waals surface area contributed by atoms with Gasteiger partial charge in [-0.15, -0.1) is 11.3 Å². The summed E-state index contributed by atoms with van der Waals surface area (Å²) in [6, 6.07) is 8.21. The Morgan fingerprint density at radius 3 is 2.60 bits per heavy atom. The van der Waals surface area contributed by atoms with E-state index >= 15 is 0 Å². The molecule has 1 aromatic carbocycles. The quantitative estimate of drug-likeness (QED) is 0.590. The maximum atomic E-state index is 12.2. The summed E-state index contributed by atoms with van der Waals surface area (Å²) < 4.78 is 1.11. The number of carbonyl (C=O) groups is 1. The van der Waals surface area contributed by atoms with Gasteiger partial charge in [0, 0.05) is 10.7 Å². The summed E-state index contributed by atoms with van der Waals surface area (Å²) >= 11 is 6.54. The first-order valence-electron chi connectivity index (χ1n) is 6.34. The molecule has 6 heteroatoms. The van der Waals surface area contributed by atoms with Crippen LogP contribution in [0.4, 0.5) is 0 Å². The molecule has 0 aliphatic carbocycles. The Bertz CT molecular complexity index is 649. The third kappa shape index (κ3) is 3.26. The van der Waals surface area contributed by atoms with Gasteiger partial charge in [-0.05, 0) is 50.0 Å². The van der Waals surface area contributed by atoms with Gasteiger partial charge in [-0.1, -0.05) is 18.2 Å². The molecule has 0 radical (unpaired) electrons. The van der Waals surface area contributed by atoms with Crippen LogP contribution in [0.2, 0.25) is 0 Å². The minimum absolute atomic E-state index is 0.170. The van der Waals surface area contributed by atoms with Crippen LogP contribution in [0.5, 0.6) is 0 Å². The number of thiocarbonyl (C=S) groups is 1. The Labute approximate surface area is 127 Å². The maximum absolute atomic E-state index is 12.2. The highest BCUT2D eigenvalue weighted by Gasteiger charge is 2.15. The molecule has 0 aliphatic heterocycles. The monoisotopic (exact) mass is 307 g/mol. The Morgan fingerprint density at radius 1 is 1.25 bits per heavy atom. The summed E-state index contributed by atoms with van der Waals surface area (Å²) in [6.07, 6.45) is 0. The van der Waals surface area contributed by atoms with E-state index in [0.29, 0.717) is 9.99 Å². The molecule has 0 bridgehead atoms. The normalized spacial score (nSPS) is 10.6. The van der Waals surface area contributed by atoms with Crippen LogP contribution in [-0.2, 0) is 0 Å². The first-order valence-corrected chi connectivity index (χ1v) is 7.56. The molecule has 0 saturated carbocycles. The van der Waals surface area contributed by atoms with Crippen molar-refractivity contribution < 1.29 is 4.79 Å². The fourth-order valence-corrected chi connectivity index (χ4v) is 3.25. The number of aryl methyl sites for hydroxylation is 1. The summed E-state index contributed by atoms with van der Waals surface area (Å²) in [5, 5.41) is 4.53. The number of thiophene rings is 1. The van der Waals surface area contributed by atoms with Crippen LogP contribution < -0.4 is 16.2 Å².